The van der Waals surface area contributed by atoms with E-state index in [1.807, 2.05) is 0 Å². The summed E-state index contributed by atoms with van der Waals surface area (Å²) >= 11 is 0. The number of aryl methyl sites for hydroxylation is 1. The van der Waals surface area contributed by atoms with Gasteiger partial charge in [-0.05, 0) is 16.8 Å². The number of para-hydroxylation sites is 1. The molecule has 1 N–H and O–H groups in total. The van der Waals surface area contributed by atoms with Crippen molar-refractivity contribution in [3.63, 3.8) is 0 Å². The number of aromatic nitrogens is 5. The van der Waals surface area contributed by atoms with Gasteiger partial charge in [-0.1, -0.05) is 32.0 Å². The minimum Gasteiger partial charge on any atom is -0.339 e. The molecule has 0 atom stereocenters. The zero-order valence-electron chi connectivity index (χ0n) is 12.6. The van der Waals surface area contributed by atoms with Crippen molar-refractivity contribution < 1.29 is 0 Å². The van der Waals surface area contributed by atoms with Crippen LogP contribution >= 0.6 is 0 Å². The fraction of sp³-hybridized carbons (Fsp3) is 0.400. The van der Waals surface area contributed by atoms with E-state index in [-0.39, 0.29) is 0 Å². The van der Waals surface area contributed by atoms with Crippen LogP contribution in [0.15, 0.2) is 30.5 Å². The van der Waals surface area contributed by atoms with Crippen LogP contribution in [-0.4, -0.2) is 30.8 Å². The van der Waals surface area contributed by atoms with Crippen LogP contribution in [-0.2, 0) is 20.1 Å². The summed E-state index contributed by atoms with van der Waals surface area (Å²) in [7, 11) is 1.78. The van der Waals surface area contributed by atoms with E-state index in [1.54, 1.807) is 7.05 Å². The van der Waals surface area contributed by atoms with E-state index in [2.05, 4.69) is 69.6 Å². The summed E-state index contributed by atoms with van der Waals surface area (Å²) in [5.74, 6) is 0.724. The Morgan fingerprint density at radius 1 is 1.24 bits per heavy atom. The molecule has 0 amide bonds. The lowest BCUT2D eigenvalue weighted by Crippen LogP contribution is -2.21. The smallest absolute Gasteiger partial charge is 0.194 e. The molecule has 21 heavy (non-hydrogen) atoms. The van der Waals surface area contributed by atoms with E-state index in [0.29, 0.717) is 12.6 Å². The molecule has 0 radical (unpaired) electrons. The third-order valence-corrected chi connectivity index (χ3v) is 3.43. The summed E-state index contributed by atoms with van der Waals surface area (Å²) < 4.78 is 2.18. The molecule has 0 unspecified atom stereocenters. The van der Waals surface area contributed by atoms with Crippen molar-refractivity contribution in [1.29, 1.82) is 0 Å². The fourth-order valence-electron chi connectivity index (χ4n) is 2.45. The predicted molar refractivity (Wildman–Crippen MR) is 81.8 cm³/mol. The number of hydrogen-bond acceptors (Lipinski definition) is 4. The second-order valence-electron chi connectivity index (χ2n) is 5.53. The maximum absolute atomic E-state index is 4.25. The van der Waals surface area contributed by atoms with E-state index >= 15 is 0 Å². The fourth-order valence-corrected chi connectivity index (χ4v) is 2.45. The van der Waals surface area contributed by atoms with Crippen LogP contribution in [0.25, 0.3) is 10.9 Å². The van der Waals surface area contributed by atoms with Crippen molar-refractivity contribution in [2.24, 2.45) is 7.05 Å². The van der Waals surface area contributed by atoms with Gasteiger partial charge in [0.25, 0.3) is 0 Å². The van der Waals surface area contributed by atoms with Gasteiger partial charge in [-0.2, -0.15) is 4.80 Å². The van der Waals surface area contributed by atoms with Crippen LogP contribution < -0.4 is 5.32 Å². The highest BCUT2D eigenvalue weighted by atomic mass is 15.6. The molecule has 0 saturated heterocycles. The van der Waals surface area contributed by atoms with Crippen molar-refractivity contribution >= 4 is 10.9 Å². The van der Waals surface area contributed by atoms with Crippen LogP contribution in [0.2, 0.25) is 0 Å². The lowest BCUT2D eigenvalue weighted by molar-refractivity contribution is 0.589. The SMILES string of the molecule is CC(C)NCc1cn(Cc2nnn(C)n2)c2ccccc12. The molecule has 0 saturated carbocycles. The van der Waals surface area contributed by atoms with Gasteiger partial charge in [0.05, 0.1) is 13.6 Å². The summed E-state index contributed by atoms with van der Waals surface area (Å²) in [4.78, 5) is 1.49. The number of fused-ring (bicyclic) bond motifs is 1. The van der Waals surface area contributed by atoms with Crippen LogP contribution in [0, 0.1) is 0 Å². The molecule has 0 bridgehead atoms. The number of tetrazole rings is 1. The van der Waals surface area contributed by atoms with Crippen LogP contribution in [0.3, 0.4) is 0 Å². The molecule has 0 aliphatic rings. The van der Waals surface area contributed by atoms with Gasteiger partial charge in [-0.3, -0.25) is 0 Å². The maximum atomic E-state index is 4.25. The van der Waals surface area contributed by atoms with Crippen LogP contribution in [0.5, 0.6) is 0 Å². The molecule has 6 heteroatoms. The Balaban J connectivity index is 1.94. The van der Waals surface area contributed by atoms with Crippen LogP contribution in [0.4, 0.5) is 0 Å². The number of nitrogens with zero attached hydrogens (tertiary/aromatic N) is 5. The van der Waals surface area contributed by atoms with Crippen LogP contribution in [0.1, 0.15) is 25.2 Å². The second-order valence-corrected chi connectivity index (χ2v) is 5.53. The molecule has 1 aromatic carbocycles. The van der Waals surface area contributed by atoms with Gasteiger partial charge in [0, 0.05) is 29.7 Å². The molecular formula is C15H20N6. The Hall–Kier alpha value is -2.21. The summed E-state index contributed by atoms with van der Waals surface area (Å²) in [5, 5.41) is 17.0. The van der Waals surface area contributed by atoms with Crippen molar-refractivity contribution in [3.05, 3.63) is 41.9 Å². The monoisotopic (exact) mass is 284 g/mol. The van der Waals surface area contributed by atoms with Gasteiger partial charge in [0.1, 0.15) is 0 Å². The Bertz CT molecular complexity index is 740. The normalized spacial score (nSPS) is 11.6. The molecule has 6 nitrogen and oxygen atoms in total. The summed E-state index contributed by atoms with van der Waals surface area (Å²) in [5.41, 5.74) is 2.49. The highest BCUT2D eigenvalue weighted by Gasteiger charge is 2.10. The molecule has 0 aliphatic carbocycles. The summed E-state index contributed by atoms with van der Waals surface area (Å²) in [6.45, 7) is 5.81. The molecule has 0 spiro atoms. The molecule has 0 fully saturated rings. The lowest BCUT2D eigenvalue weighted by atomic mass is 10.2. The van der Waals surface area contributed by atoms with Gasteiger partial charge in [0.2, 0.25) is 0 Å². The molecule has 3 aromatic rings. The molecule has 2 heterocycles. The molecular weight excluding hydrogens is 264 g/mol. The first kappa shape index (κ1) is 13.8. The van der Waals surface area contributed by atoms with Crippen molar-refractivity contribution in [2.75, 3.05) is 0 Å². The molecule has 2 aromatic heterocycles. The molecule has 3 rings (SSSR count). The predicted octanol–water partition coefficient (Wildman–Crippen LogP) is 1.71. The van der Waals surface area contributed by atoms with E-state index in [9.17, 15) is 0 Å². The Morgan fingerprint density at radius 2 is 2.05 bits per heavy atom. The Kier molecular flexibility index (Phi) is 3.70. The zero-order chi connectivity index (χ0) is 14.8. The number of rotatable bonds is 5. The quantitative estimate of drug-likeness (QED) is 0.775. The summed E-state index contributed by atoms with van der Waals surface area (Å²) in [6.07, 6.45) is 2.18. The van der Waals surface area contributed by atoms with Gasteiger partial charge in [0.15, 0.2) is 5.82 Å². The van der Waals surface area contributed by atoms with E-state index in [4.69, 9.17) is 0 Å². The topological polar surface area (TPSA) is 60.6 Å². The largest absolute Gasteiger partial charge is 0.339 e. The summed E-state index contributed by atoms with van der Waals surface area (Å²) in [6, 6.07) is 8.89. The zero-order valence-corrected chi connectivity index (χ0v) is 12.6. The molecule has 0 aliphatic heterocycles. The highest BCUT2D eigenvalue weighted by Crippen LogP contribution is 2.21. The minimum atomic E-state index is 0.466. The second kappa shape index (κ2) is 5.65. The number of nitrogens with one attached hydrogen (secondary N) is 1. The number of benzene rings is 1. The first-order chi connectivity index (χ1) is 10.1. The van der Waals surface area contributed by atoms with Crippen molar-refractivity contribution in [1.82, 2.24) is 30.1 Å². The van der Waals surface area contributed by atoms with E-state index in [1.165, 1.54) is 21.3 Å². The number of hydrogen-bond donors (Lipinski definition) is 1. The Labute approximate surface area is 123 Å². The average molecular weight is 284 g/mol. The average Bonchev–Trinajstić information content (AvgIpc) is 3.02. The van der Waals surface area contributed by atoms with E-state index < -0.39 is 0 Å². The first-order valence-electron chi connectivity index (χ1n) is 7.16. The minimum absolute atomic E-state index is 0.466. The van der Waals surface area contributed by atoms with Gasteiger partial charge < -0.3 is 9.88 Å². The van der Waals surface area contributed by atoms with Gasteiger partial charge in [-0.25, -0.2) is 0 Å². The molecule has 110 valence electrons. The maximum Gasteiger partial charge on any atom is 0.194 e. The van der Waals surface area contributed by atoms with Gasteiger partial charge >= 0.3 is 0 Å². The van der Waals surface area contributed by atoms with Crippen molar-refractivity contribution in [3.8, 4) is 0 Å². The lowest BCUT2D eigenvalue weighted by Gasteiger charge is -2.06. The standard InChI is InChI=1S/C15H20N6/c1-11(2)16-8-12-9-21(10-15-17-19-20(3)18-15)14-7-5-4-6-13(12)14/h4-7,9,11,16H,8,10H2,1-3H3. The first-order valence-corrected chi connectivity index (χ1v) is 7.16. The van der Waals surface area contributed by atoms with Gasteiger partial charge in [-0.15, -0.1) is 10.2 Å². The highest BCUT2D eigenvalue weighted by molar-refractivity contribution is 5.84. The third-order valence-electron chi connectivity index (χ3n) is 3.43. The van der Waals surface area contributed by atoms with E-state index in [0.717, 1.165) is 12.4 Å². The third kappa shape index (κ3) is 2.95. The Morgan fingerprint density at radius 3 is 2.76 bits per heavy atom. The van der Waals surface area contributed by atoms with Crippen molar-refractivity contribution in [2.45, 2.75) is 33.0 Å².